The molecule has 8 nitrogen and oxygen atoms in total. The van der Waals surface area contributed by atoms with Crippen LogP contribution in [0.25, 0.3) is 10.9 Å². The van der Waals surface area contributed by atoms with Gasteiger partial charge in [-0.2, -0.15) is 0 Å². The van der Waals surface area contributed by atoms with Crippen LogP contribution in [0.1, 0.15) is 30.8 Å². The molecule has 1 saturated heterocycles. The molecule has 1 aromatic heterocycles. The normalized spacial score (nSPS) is 19.8. The van der Waals surface area contributed by atoms with Crippen LogP contribution in [0.4, 0.5) is 5.69 Å². The molecule has 1 aliphatic rings. The molecule has 0 unspecified atom stereocenters. The van der Waals surface area contributed by atoms with Gasteiger partial charge in [0.2, 0.25) is 5.91 Å². The Kier molecular flexibility index (Phi) is 6.32. The van der Waals surface area contributed by atoms with Gasteiger partial charge >= 0.3 is 5.97 Å². The molecule has 2 atom stereocenters. The highest BCUT2D eigenvalue weighted by molar-refractivity contribution is 6.11. The van der Waals surface area contributed by atoms with Gasteiger partial charge < -0.3 is 24.5 Å². The average molecular weight is 403 g/mol. The predicted molar refractivity (Wildman–Crippen MR) is 111 cm³/mol. The molecule has 0 spiro atoms. The number of fused-ring (bicyclic) bond motifs is 1. The van der Waals surface area contributed by atoms with Crippen molar-refractivity contribution in [2.24, 2.45) is 11.8 Å². The lowest BCUT2D eigenvalue weighted by Crippen LogP contribution is -2.42. The molecular weight excluding hydrogens is 374 g/mol. The van der Waals surface area contributed by atoms with Crippen LogP contribution in [0.2, 0.25) is 0 Å². The number of amides is 1. The van der Waals surface area contributed by atoms with Crippen LogP contribution in [0.3, 0.4) is 0 Å². The van der Waals surface area contributed by atoms with Crippen molar-refractivity contribution in [2.45, 2.75) is 20.3 Å². The summed E-state index contributed by atoms with van der Waals surface area (Å²) < 4.78 is 15.6. The minimum absolute atomic E-state index is 0.174. The summed E-state index contributed by atoms with van der Waals surface area (Å²) in [7, 11) is 4.38. The first-order chi connectivity index (χ1) is 13.9. The maximum absolute atomic E-state index is 12.8. The van der Waals surface area contributed by atoms with E-state index in [-0.39, 0.29) is 18.1 Å². The number of H-pyrrole nitrogens is 1. The number of aromatic nitrogens is 1. The average Bonchev–Trinajstić information content (AvgIpc) is 3.02. The predicted octanol–water partition coefficient (Wildman–Crippen LogP) is 2.89. The van der Waals surface area contributed by atoms with Gasteiger partial charge in [-0.05, 0) is 24.3 Å². The summed E-state index contributed by atoms with van der Waals surface area (Å²) in [6.07, 6.45) is 1.18. The topological polar surface area (TPSA) is 92.9 Å². The molecule has 1 aromatic carbocycles. The van der Waals surface area contributed by atoms with Crippen molar-refractivity contribution < 1.29 is 23.8 Å². The molecule has 0 aliphatic carbocycles. The fourth-order valence-corrected chi connectivity index (χ4v) is 4.21. The summed E-state index contributed by atoms with van der Waals surface area (Å²) in [4.78, 5) is 30.3. The summed E-state index contributed by atoms with van der Waals surface area (Å²) in [6, 6.07) is 3.46. The van der Waals surface area contributed by atoms with Gasteiger partial charge in [-0.15, -0.1) is 0 Å². The Hall–Kier alpha value is -2.74. The van der Waals surface area contributed by atoms with Crippen molar-refractivity contribution in [1.29, 1.82) is 0 Å². The summed E-state index contributed by atoms with van der Waals surface area (Å²) in [5, 5.41) is 3.56. The lowest BCUT2D eigenvalue weighted by Gasteiger charge is -2.34. The molecule has 0 radical (unpaired) electrons. The van der Waals surface area contributed by atoms with Crippen molar-refractivity contribution in [3.8, 4) is 11.5 Å². The first-order valence-corrected chi connectivity index (χ1v) is 9.74. The molecule has 2 N–H and O–H groups in total. The Labute approximate surface area is 170 Å². The summed E-state index contributed by atoms with van der Waals surface area (Å²) >= 11 is 0. The molecule has 1 aliphatic heterocycles. The Balaban J connectivity index is 1.91. The van der Waals surface area contributed by atoms with E-state index in [2.05, 4.69) is 29.0 Å². The van der Waals surface area contributed by atoms with Gasteiger partial charge in [0.05, 0.1) is 39.1 Å². The largest absolute Gasteiger partial charge is 0.493 e. The smallest absolute Gasteiger partial charge is 0.356 e. The van der Waals surface area contributed by atoms with Gasteiger partial charge in [-0.1, -0.05) is 13.8 Å². The van der Waals surface area contributed by atoms with Crippen LogP contribution in [-0.4, -0.2) is 62.7 Å². The molecule has 2 aromatic rings. The number of methoxy groups -OCH3 is 3. The number of carbonyl (C=O) groups is 2. The molecule has 29 heavy (non-hydrogen) atoms. The summed E-state index contributed by atoms with van der Waals surface area (Å²) in [6.45, 7) is 6.46. The van der Waals surface area contributed by atoms with Gasteiger partial charge in [0.1, 0.15) is 5.69 Å². The Bertz CT molecular complexity index is 897. The third kappa shape index (κ3) is 4.48. The van der Waals surface area contributed by atoms with Crippen LogP contribution >= 0.6 is 0 Å². The lowest BCUT2D eigenvalue weighted by molar-refractivity contribution is -0.117. The molecule has 1 amide bonds. The van der Waals surface area contributed by atoms with Gasteiger partial charge in [0, 0.05) is 24.5 Å². The van der Waals surface area contributed by atoms with Gasteiger partial charge in [0.15, 0.2) is 11.5 Å². The Morgan fingerprint density at radius 2 is 1.72 bits per heavy atom. The number of likely N-dealkylation sites (tertiary alicyclic amines) is 1. The Morgan fingerprint density at radius 1 is 1.10 bits per heavy atom. The highest BCUT2D eigenvalue weighted by Gasteiger charge is 2.26. The van der Waals surface area contributed by atoms with Gasteiger partial charge in [-0.3, -0.25) is 9.69 Å². The number of carbonyl (C=O) groups excluding carboxylic acids is 2. The van der Waals surface area contributed by atoms with Crippen molar-refractivity contribution in [2.75, 3.05) is 46.3 Å². The second-order valence-corrected chi connectivity index (χ2v) is 7.81. The second-order valence-electron chi connectivity index (χ2n) is 7.81. The zero-order valence-corrected chi connectivity index (χ0v) is 17.6. The molecule has 3 rings (SSSR count). The first kappa shape index (κ1) is 21.0. The number of piperidine rings is 1. The molecule has 158 valence electrons. The van der Waals surface area contributed by atoms with Gasteiger partial charge in [-0.25, -0.2) is 4.79 Å². The number of benzene rings is 1. The number of rotatable bonds is 6. The number of aromatic amines is 1. The zero-order valence-electron chi connectivity index (χ0n) is 17.6. The molecule has 0 bridgehead atoms. The van der Waals surface area contributed by atoms with E-state index in [4.69, 9.17) is 14.2 Å². The van der Waals surface area contributed by atoms with E-state index in [1.807, 2.05) is 0 Å². The summed E-state index contributed by atoms with van der Waals surface area (Å²) in [5.74, 6) is 1.40. The Morgan fingerprint density at radius 3 is 2.31 bits per heavy atom. The molecule has 0 saturated carbocycles. The van der Waals surface area contributed by atoms with E-state index in [1.165, 1.54) is 27.8 Å². The third-order valence-corrected chi connectivity index (χ3v) is 5.27. The van der Waals surface area contributed by atoms with Gasteiger partial charge in [0.25, 0.3) is 0 Å². The highest BCUT2D eigenvalue weighted by atomic mass is 16.5. The fourth-order valence-electron chi connectivity index (χ4n) is 4.21. The van der Waals surface area contributed by atoms with E-state index in [9.17, 15) is 9.59 Å². The van der Waals surface area contributed by atoms with Crippen molar-refractivity contribution in [3.05, 3.63) is 17.8 Å². The van der Waals surface area contributed by atoms with E-state index in [1.54, 1.807) is 12.1 Å². The van der Waals surface area contributed by atoms with Crippen LogP contribution < -0.4 is 14.8 Å². The number of hydrogen-bond donors (Lipinski definition) is 2. The molecular formula is C21H29N3O5. The molecule has 1 fully saturated rings. The number of hydrogen-bond acceptors (Lipinski definition) is 6. The minimum atomic E-state index is -0.561. The van der Waals surface area contributed by atoms with E-state index in [0.29, 0.717) is 39.9 Å². The number of ether oxygens (including phenoxy) is 3. The van der Waals surface area contributed by atoms with Crippen molar-refractivity contribution in [1.82, 2.24) is 9.88 Å². The number of anilines is 1. The standard InChI is InChI=1S/C21H29N3O5/c1-12-6-13(2)10-24(9-12)11-18(25)23-19-14-7-16(27-3)17(28-4)8-15(14)22-20(19)21(26)29-5/h7-8,12-13,22H,6,9-11H2,1-5H3,(H,23,25)/t12-,13-/m1/s1. The summed E-state index contributed by atoms with van der Waals surface area (Å²) in [5.41, 5.74) is 1.21. The third-order valence-electron chi connectivity index (χ3n) is 5.27. The van der Waals surface area contributed by atoms with Crippen LogP contribution in [-0.2, 0) is 9.53 Å². The van der Waals surface area contributed by atoms with E-state index < -0.39 is 5.97 Å². The maximum atomic E-state index is 12.8. The highest BCUT2D eigenvalue weighted by Crippen LogP contribution is 2.37. The fraction of sp³-hybridized carbons (Fsp3) is 0.524. The second kappa shape index (κ2) is 8.73. The number of nitrogens with one attached hydrogen (secondary N) is 2. The zero-order chi connectivity index (χ0) is 21.1. The number of nitrogens with zero attached hydrogens (tertiary/aromatic N) is 1. The maximum Gasteiger partial charge on any atom is 0.356 e. The molecule has 2 heterocycles. The van der Waals surface area contributed by atoms with Crippen molar-refractivity contribution >= 4 is 28.5 Å². The van der Waals surface area contributed by atoms with Crippen molar-refractivity contribution in [3.63, 3.8) is 0 Å². The monoisotopic (exact) mass is 403 g/mol. The minimum Gasteiger partial charge on any atom is -0.493 e. The quantitative estimate of drug-likeness (QED) is 0.721. The number of esters is 1. The molecule has 8 heteroatoms. The van der Waals surface area contributed by atoms with Crippen LogP contribution in [0.5, 0.6) is 11.5 Å². The first-order valence-electron chi connectivity index (χ1n) is 9.74. The SMILES string of the molecule is COC(=O)c1[nH]c2cc(OC)c(OC)cc2c1NC(=O)CN1C[C@H](C)C[C@@H](C)C1. The lowest BCUT2D eigenvalue weighted by atomic mass is 9.92. The van der Waals surface area contributed by atoms with E-state index >= 15 is 0 Å². The van der Waals surface area contributed by atoms with Crippen LogP contribution in [0, 0.1) is 11.8 Å². The van der Waals surface area contributed by atoms with E-state index in [0.717, 1.165) is 13.1 Å². The van der Waals surface area contributed by atoms with Crippen LogP contribution in [0.15, 0.2) is 12.1 Å².